The molecule has 0 spiro atoms. The molecule has 0 aliphatic carbocycles. The van der Waals surface area contributed by atoms with Crippen molar-refractivity contribution >= 4 is 17.4 Å². The van der Waals surface area contributed by atoms with E-state index in [0.29, 0.717) is 28.5 Å². The molecular weight excluding hydrogens is 252 g/mol. The number of hydrogen-bond acceptors (Lipinski definition) is 4. The Morgan fingerprint density at radius 2 is 2.28 bits per heavy atom. The van der Waals surface area contributed by atoms with Gasteiger partial charge in [0.1, 0.15) is 11.5 Å². The van der Waals surface area contributed by atoms with Gasteiger partial charge in [0.2, 0.25) is 0 Å². The summed E-state index contributed by atoms with van der Waals surface area (Å²) in [6, 6.07) is 3.39. The van der Waals surface area contributed by atoms with E-state index in [1.54, 1.807) is 18.3 Å². The summed E-state index contributed by atoms with van der Waals surface area (Å²) in [5.41, 5.74) is 6.49. The summed E-state index contributed by atoms with van der Waals surface area (Å²) in [5, 5.41) is 0.420. The van der Waals surface area contributed by atoms with Gasteiger partial charge in [-0.1, -0.05) is 24.9 Å². The van der Waals surface area contributed by atoms with E-state index in [0.717, 1.165) is 6.42 Å². The molecule has 2 aromatic rings. The van der Waals surface area contributed by atoms with Gasteiger partial charge in [0.15, 0.2) is 5.82 Å². The summed E-state index contributed by atoms with van der Waals surface area (Å²) >= 11 is 6.00. The van der Waals surface area contributed by atoms with E-state index >= 15 is 0 Å². The fourth-order valence-electron chi connectivity index (χ4n) is 1.68. The van der Waals surface area contributed by atoms with Gasteiger partial charge < -0.3 is 10.7 Å². The van der Waals surface area contributed by atoms with E-state index in [1.165, 1.54) is 0 Å². The van der Waals surface area contributed by atoms with E-state index in [4.69, 9.17) is 17.3 Å². The maximum atomic E-state index is 11.9. The molecule has 0 saturated heterocycles. The average Bonchev–Trinajstić information content (AvgIpc) is 2.34. The van der Waals surface area contributed by atoms with Crippen LogP contribution in [0.3, 0.4) is 0 Å². The molecule has 94 valence electrons. The number of nitrogens with zero attached hydrogens (tertiary/aromatic N) is 2. The van der Waals surface area contributed by atoms with E-state index in [-0.39, 0.29) is 11.4 Å². The van der Waals surface area contributed by atoms with Crippen LogP contribution in [0.15, 0.2) is 23.1 Å². The summed E-state index contributed by atoms with van der Waals surface area (Å²) in [5.74, 6) is 0.528. The van der Waals surface area contributed by atoms with Crippen molar-refractivity contribution in [2.45, 2.75) is 19.8 Å². The predicted molar refractivity (Wildman–Crippen MR) is 71.5 cm³/mol. The number of rotatable bonds is 3. The highest BCUT2D eigenvalue weighted by Gasteiger charge is 2.12. The number of aromatic nitrogens is 3. The summed E-state index contributed by atoms with van der Waals surface area (Å²) in [6.45, 7) is 1.97. The number of H-pyrrole nitrogens is 1. The molecule has 2 aromatic heterocycles. The van der Waals surface area contributed by atoms with Crippen LogP contribution in [0.5, 0.6) is 0 Å². The monoisotopic (exact) mass is 264 g/mol. The first-order valence-electron chi connectivity index (χ1n) is 5.63. The Morgan fingerprint density at radius 3 is 2.89 bits per heavy atom. The molecule has 5 nitrogen and oxygen atoms in total. The first-order chi connectivity index (χ1) is 8.63. The fourth-order valence-corrected chi connectivity index (χ4v) is 1.89. The lowest BCUT2D eigenvalue weighted by Gasteiger charge is -2.06. The largest absolute Gasteiger partial charge is 0.383 e. The molecule has 0 aliphatic rings. The van der Waals surface area contributed by atoms with Crippen LogP contribution in [-0.4, -0.2) is 15.0 Å². The third-order valence-electron chi connectivity index (χ3n) is 2.53. The number of anilines is 1. The zero-order chi connectivity index (χ0) is 13.1. The molecule has 2 rings (SSSR count). The van der Waals surface area contributed by atoms with Crippen LogP contribution in [0.4, 0.5) is 5.82 Å². The molecule has 2 heterocycles. The molecule has 0 saturated carbocycles. The number of aromatic amines is 1. The molecule has 0 bridgehead atoms. The van der Waals surface area contributed by atoms with Crippen molar-refractivity contribution in [2.75, 3.05) is 5.73 Å². The van der Waals surface area contributed by atoms with Gasteiger partial charge in [-0.05, 0) is 18.6 Å². The van der Waals surface area contributed by atoms with Crippen LogP contribution in [0, 0.1) is 0 Å². The van der Waals surface area contributed by atoms with Gasteiger partial charge in [-0.15, -0.1) is 0 Å². The number of pyridine rings is 1. The Kier molecular flexibility index (Phi) is 3.62. The van der Waals surface area contributed by atoms with Gasteiger partial charge in [0, 0.05) is 6.20 Å². The molecule has 0 aliphatic heterocycles. The first-order valence-corrected chi connectivity index (χ1v) is 6.00. The number of halogens is 1. The van der Waals surface area contributed by atoms with E-state index in [2.05, 4.69) is 15.0 Å². The molecule has 18 heavy (non-hydrogen) atoms. The van der Waals surface area contributed by atoms with Crippen molar-refractivity contribution in [1.82, 2.24) is 15.0 Å². The SMILES string of the molecule is CCCc1c(N)nc(-c2ncccc2Cl)[nH]c1=O. The maximum Gasteiger partial charge on any atom is 0.256 e. The van der Waals surface area contributed by atoms with Crippen molar-refractivity contribution in [3.63, 3.8) is 0 Å². The van der Waals surface area contributed by atoms with Crippen LogP contribution in [0.2, 0.25) is 5.02 Å². The number of nitrogens with one attached hydrogen (secondary N) is 1. The summed E-state index contributed by atoms with van der Waals surface area (Å²) in [6.07, 6.45) is 3.01. The minimum Gasteiger partial charge on any atom is -0.383 e. The second-order valence-corrected chi connectivity index (χ2v) is 4.27. The summed E-state index contributed by atoms with van der Waals surface area (Å²) < 4.78 is 0. The Bertz CT molecular complexity index is 624. The Balaban J connectivity index is 2.55. The predicted octanol–water partition coefficient (Wildman–Crippen LogP) is 2.02. The Morgan fingerprint density at radius 1 is 1.50 bits per heavy atom. The highest BCUT2D eigenvalue weighted by atomic mass is 35.5. The van der Waals surface area contributed by atoms with E-state index in [9.17, 15) is 4.79 Å². The van der Waals surface area contributed by atoms with Crippen molar-refractivity contribution in [2.24, 2.45) is 0 Å². The van der Waals surface area contributed by atoms with Crippen molar-refractivity contribution in [3.05, 3.63) is 39.3 Å². The standard InChI is InChI=1S/C12H13ClN4O/c1-2-4-7-10(14)16-11(17-12(7)18)9-8(13)5-3-6-15-9/h3,5-6H,2,4H2,1H3,(H3,14,16,17,18). The molecule has 0 radical (unpaired) electrons. The number of nitrogens with two attached hydrogens (primary N) is 1. The minimum absolute atomic E-state index is 0.234. The molecule has 0 amide bonds. The minimum atomic E-state index is -0.235. The zero-order valence-electron chi connectivity index (χ0n) is 9.90. The van der Waals surface area contributed by atoms with Gasteiger partial charge in [-0.3, -0.25) is 9.78 Å². The zero-order valence-corrected chi connectivity index (χ0v) is 10.7. The summed E-state index contributed by atoms with van der Waals surface area (Å²) in [7, 11) is 0. The molecular formula is C12H13ClN4O. The number of nitrogen functional groups attached to an aromatic ring is 1. The molecule has 6 heteroatoms. The third-order valence-corrected chi connectivity index (χ3v) is 2.84. The lowest BCUT2D eigenvalue weighted by Crippen LogP contribution is -2.18. The fraction of sp³-hybridized carbons (Fsp3) is 0.250. The topological polar surface area (TPSA) is 84.7 Å². The highest BCUT2D eigenvalue weighted by molar-refractivity contribution is 6.32. The van der Waals surface area contributed by atoms with E-state index < -0.39 is 0 Å². The van der Waals surface area contributed by atoms with Crippen molar-refractivity contribution in [3.8, 4) is 11.5 Å². The summed E-state index contributed by atoms with van der Waals surface area (Å²) in [4.78, 5) is 22.8. The van der Waals surface area contributed by atoms with Crippen LogP contribution in [0.25, 0.3) is 11.5 Å². The smallest absolute Gasteiger partial charge is 0.256 e. The quantitative estimate of drug-likeness (QED) is 0.888. The molecule has 0 atom stereocenters. The maximum absolute atomic E-state index is 11.9. The van der Waals surface area contributed by atoms with Gasteiger partial charge in [0.25, 0.3) is 5.56 Å². The van der Waals surface area contributed by atoms with Crippen LogP contribution < -0.4 is 11.3 Å². The van der Waals surface area contributed by atoms with Crippen LogP contribution in [-0.2, 0) is 6.42 Å². The molecule has 0 unspecified atom stereocenters. The van der Waals surface area contributed by atoms with Gasteiger partial charge >= 0.3 is 0 Å². The van der Waals surface area contributed by atoms with Crippen LogP contribution >= 0.6 is 11.6 Å². The highest BCUT2D eigenvalue weighted by Crippen LogP contribution is 2.22. The number of hydrogen-bond donors (Lipinski definition) is 2. The van der Waals surface area contributed by atoms with E-state index in [1.807, 2.05) is 6.92 Å². The lowest BCUT2D eigenvalue weighted by atomic mass is 10.2. The average molecular weight is 265 g/mol. The molecule has 0 aromatic carbocycles. The van der Waals surface area contributed by atoms with Gasteiger partial charge in [0.05, 0.1) is 10.6 Å². The lowest BCUT2D eigenvalue weighted by molar-refractivity contribution is 0.891. The third kappa shape index (κ3) is 2.36. The Hall–Kier alpha value is -1.88. The Labute approximate surface area is 109 Å². The van der Waals surface area contributed by atoms with Crippen LogP contribution in [0.1, 0.15) is 18.9 Å². The van der Waals surface area contributed by atoms with Crippen molar-refractivity contribution in [1.29, 1.82) is 0 Å². The second kappa shape index (κ2) is 5.18. The first kappa shape index (κ1) is 12.6. The molecule has 3 N–H and O–H groups in total. The van der Waals surface area contributed by atoms with Gasteiger partial charge in [-0.25, -0.2) is 4.98 Å². The second-order valence-electron chi connectivity index (χ2n) is 3.86. The normalized spacial score (nSPS) is 10.6. The molecule has 0 fully saturated rings. The van der Waals surface area contributed by atoms with Gasteiger partial charge in [-0.2, -0.15) is 0 Å². The van der Waals surface area contributed by atoms with Crippen molar-refractivity contribution < 1.29 is 0 Å².